The van der Waals surface area contributed by atoms with E-state index in [1.54, 1.807) is 0 Å². The van der Waals surface area contributed by atoms with E-state index in [9.17, 15) is 10.1 Å². The number of nitrogens with zero attached hydrogens (tertiary/aromatic N) is 3. The van der Waals surface area contributed by atoms with E-state index in [4.69, 9.17) is 0 Å². The van der Waals surface area contributed by atoms with Crippen molar-refractivity contribution in [2.24, 2.45) is 5.41 Å². The first-order chi connectivity index (χ1) is 8.20. The molecule has 0 aromatic carbocycles. The van der Waals surface area contributed by atoms with Crippen LogP contribution in [0.3, 0.4) is 0 Å². The highest BCUT2D eigenvalue weighted by molar-refractivity contribution is 5.35. The normalized spacial score (nSPS) is 24.8. The molecule has 0 radical (unpaired) electrons. The summed E-state index contributed by atoms with van der Waals surface area (Å²) in [7, 11) is 0. The molecule has 1 spiro atoms. The molecule has 6 heteroatoms. The highest BCUT2D eigenvalue weighted by atomic mass is 16.6. The highest BCUT2D eigenvalue weighted by Gasteiger charge is 2.55. The number of rotatable bonds is 3. The number of aromatic nitrogens is 2. The van der Waals surface area contributed by atoms with Crippen molar-refractivity contribution in [2.45, 2.75) is 38.1 Å². The van der Waals surface area contributed by atoms with Gasteiger partial charge in [-0.05, 0) is 24.7 Å². The van der Waals surface area contributed by atoms with Crippen molar-refractivity contribution in [1.82, 2.24) is 9.97 Å². The summed E-state index contributed by atoms with van der Waals surface area (Å²) >= 11 is 0. The molecule has 0 aliphatic heterocycles. The summed E-state index contributed by atoms with van der Waals surface area (Å²) < 4.78 is 0. The second kappa shape index (κ2) is 3.65. The minimum absolute atomic E-state index is 0.0677. The molecule has 90 valence electrons. The zero-order valence-electron chi connectivity index (χ0n) is 9.43. The fraction of sp³-hybridized carbons (Fsp3) is 0.636. The summed E-state index contributed by atoms with van der Waals surface area (Å²) in [6.07, 6.45) is 8.90. The Kier molecular flexibility index (Phi) is 2.24. The standard InChI is InChI=1S/C11H14N4O2/c16-15(17)8-6-12-10(13-7-8)14-9-5-11(9)3-1-2-4-11/h6-7,9H,1-5H2,(H,12,13,14). The maximum atomic E-state index is 10.5. The Morgan fingerprint density at radius 3 is 2.59 bits per heavy atom. The zero-order valence-corrected chi connectivity index (χ0v) is 9.43. The lowest BCUT2D eigenvalue weighted by molar-refractivity contribution is -0.385. The molecule has 1 aromatic heterocycles. The van der Waals surface area contributed by atoms with Crippen molar-refractivity contribution in [3.05, 3.63) is 22.5 Å². The van der Waals surface area contributed by atoms with Gasteiger partial charge in [0.05, 0.1) is 4.92 Å². The van der Waals surface area contributed by atoms with E-state index in [1.165, 1.54) is 44.5 Å². The van der Waals surface area contributed by atoms with Gasteiger partial charge in [0, 0.05) is 6.04 Å². The zero-order chi connectivity index (χ0) is 11.9. The minimum Gasteiger partial charge on any atom is -0.351 e. The minimum atomic E-state index is -0.487. The summed E-state index contributed by atoms with van der Waals surface area (Å²) in [4.78, 5) is 17.9. The second-order valence-electron chi connectivity index (χ2n) is 4.99. The van der Waals surface area contributed by atoms with Gasteiger partial charge in [-0.15, -0.1) is 0 Å². The molecule has 6 nitrogen and oxygen atoms in total. The van der Waals surface area contributed by atoms with Crippen molar-refractivity contribution in [2.75, 3.05) is 5.32 Å². The van der Waals surface area contributed by atoms with Crippen LogP contribution in [-0.2, 0) is 0 Å². The number of nitro groups is 1. The SMILES string of the molecule is O=[N+]([O-])c1cnc(NC2CC23CCCC3)nc1. The third-order valence-electron chi connectivity index (χ3n) is 3.94. The van der Waals surface area contributed by atoms with E-state index in [0.29, 0.717) is 17.4 Å². The summed E-state index contributed by atoms with van der Waals surface area (Å²) in [5, 5.41) is 13.7. The lowest BCUT2D eigenvalue weighted by atomic mass is 10.1. The largest absolute Gasteiger partial charge is 0.351 e. The summed E-state index contributed by atoms with van der Waals surface area (Å²) in [6.45, 7) is 0. The van der Waals surface area contributed by atoms with Crippen molar-refractivity contribution >= 4 is 11.6 Å². The van der Waals surface area contributed by atoms with E-state index >= 15 is 0 Å². The Morgan fingerprint density at radius 2 is 2.00 bits per heavy atom. The van der Waals surface area contributed by atoms with Gasteiger partial charge in [-0.3, -0.25) is 10.1 Å². The van der Waals surface area contributed by atoms with Gasteiger partial charge in [-0.25, -0.2) is 9.97 Å². The van der Waals surface area contributed by atoms with Gasteiger partial charge in [0.2, 0.25) is 5.95 Å². The fourth-order valence-corrected chi connectivity index (χ4v) is 2.83. The Labute approximate surface area is 98.6 Å². The van der Waals surface area contributed by atoms with E-state index < -0.39 is 4.92 Å². The van der Waals surface area contributed by atoms with Crippen molar-refractivity contribution in [1.29, 1.82) is 0 Å². The average Bonchev–Trinajstić information content (AvgIpc) is 2.75. The number of anilines is 1. The number of hydrogen-bond acceptors (Lipinski definition) is 5. The van der Waals surface area contributed by atoms with Crippen LogP contribution in [0.4, 0.5) is 11.6 Å². The molecule has 2 saturated carbocycles. The molecule has 2 aliphatic carbocycles. The van der Waals surface area contributed by atoms with Crippen LogP contribution in [0.2, 0.25) is 0 Å². The molecular weight excluding hydrogens is 220 g/mol. The first-order valence-corrected chi connectivity index (χ1v) is 5.93. The first-order valence-electron chi connectivity index (χ1n) is 5.93. The molecular formula is C11H14N4O2. The van der Waals surface area contributed by atoms with Crippen molar-refractivity contribution in [3.8, 4) is 0 Å². The Balaban J connectivity index is 1.64. The van der Waals surface area contributed by atoms with Crippen molar-refractivity contribution in [3.63, 3.8) is 0 Å². The molecule has 3 rings (SSSR count). The van der Waals surface area contributed by atoms with E-state index in [1.807, 2.05) is 0 Å². The molecule has 1 N–H and O–H groups in total. The molecule has 2 aliphatic rings. The third-order valence-corrected chi connectivity index (χ3v) is 3.94. The summed E-state index contributed by atoms with van der Waals surface area (Å²) in [5.74, 6) is 0.504. The molecule has 1 heterocycles. The van der Waals surface area contributed by atoms with Crippen LogP contribution in [-0.4, -0.2) is 20.9 Å². The predicted molar refractivity (Wildman–Crippen MR) is 61.6 cm³/mol. The molecule has 1 atom stereocenters. The van der Waals surface area contributed by atoms with Crippen LogP contribution in [0.15, 0.2) is 12.4 Å². The van der Waals surface area contributed by atoms with Gasteiger partial charge in [0.15, 0.2) is 0 Å². The first kappa shape index (κ1) is 10.4. The Hall–Kier alpha value is -1.72. The van der Waals surface area contributed by atoms with Crippen LogP contribution in [0.25, 0.3) is 0 Å². The lowest BCUT2D eigenvalue weighted by Gasteiger charge is -2.08. The van der Waals surface area contributed by atoms with Crippen LogP contribution in [0, 0.1) is 15.5 Å². The molecule has 0 saturated heterocycles. The van der Waals surface area contributed by atoms with E-state index in [0.717, 1.165) is 0 Å². The summed E-state index contributed by atoms with van der Waals surface area (Å²) in [6, 6.07) is 0.464. The monoisotopic (exact) mass is 234 g/mol. The molecule has 0 amide bonds. The van der Waals surface area contributed by atoms with Gasteiger partial charge in [0.25, 0.3) is 0 Å². The summed E-state index contributed by atoms with van der Waals surface area (Å²) in [5.41, 5.74) is 0.410. The molecule has 1 aromatic rings. The van der Waals surface area contributed by atoms with Crippen LogP contribution in [0.1, 0.15) is 32.1 Å². The Morgan fingerprint density at radius 1 is 1.35 bits per heavy atom. The van der Waals surface area contributed by atoms with Gasteiger partial charge >= 0.3 is 5.69 Å². The van der Waals surface area contributed by atoms with Gasteiger partial charge in [0.1, 0.15) is 12.4 Å². The van der Waals surface area contributed by atoms with E-state index in [2.05, 4.69) is 15.3 Å². The Bertz CT molecular complexity index is 439. The van der Waals surface area contributed by atoms with Crippen LogP contribution < -0.4 is 5.32 Å². The number of nitrogens with one attached hydrogen (secondary N) is 1. The highest BCUT2D eigenvalue weighted by Crippen LogP contribution is 2.58. The van der Waals surface area contributed by atoms with Gasteiger partial charge < -0.3 is 5.32 Å². The van der Waals surface area contributed by atoms with E-state index in [-0.39, 0.29) is 5.69 Å². The molecule has 0 bridgehead atoms. The quantitative estimate of drug-likeness (QED) is 0.640. The molecule has 2 fully saturated rings. The van der Waals surface area contributed by atoms with Crippen LogP contribution in [0.5, 0.6) is 0 Å². The topological polar surface area (TPSA) is 81.0 Å². The fourth-order valence-electron chi connectivity index (χ4n) is 2.83. The number of hydrogen-bond donors (Lipinski definition) is 1. The average molecular weight is 234 g/mol. The van der Waals surface area contributed by atoms with Gasteiger partial charge in [-0.1, -0.05) is 12.8 Å². The molecule has 1 unspecified atom stereocenters. The maximum Gasteiger partial charge on any atom is 0.305 e. The second-order valence-corrected chi connectivity index (χ2v) is 4.99. The smallest absolute Gasteiger partial charge is 0.305 e. The van der Waals surface area contributed by atoms with Crippen LogP contribution >= 0.6 is 0 Å². The third kappa shape index (κ3) is 1.83. The molecule has 17 heavy (non-hydrogen) atoms. The maximum absolute atomic E-state index is 10.5. The predicted octanol–water partition coefficient (Wildman–Crippen LogP) is 2.13. The lowest BCUT2D eigenvalue weighted by Crippen LogP contribution is -2.13. The van der Waals surface area contributed by atoms with Crippen molar-refractivity contribution < 1.29 is 4.92 Å². The van der Waals surface area contributed by atoms with Gasteiger partial charge in [-0.2, -0.15) is 0 Å².